The summed E-state index contributed by atoms with van der Waals surface area (Å²) in [5.41, 5.74) is -0.297. The van der Waals surface area contributed by atoms with Crippen molar-refractivity contribution in [3.05, 3.63) is 55.6 Å². The molecule has 0 bridgehead atoms. The van der Waals surface area contributed by atoms with Crippen LogP contribution in [0, 0.1) is 0 Å². The van der Waals surface area contributed by atoms with Crippen LogP contribution in [0.15, 0.2) is 40.2 Å². The Morgan fingerprint density at radius 2 is 1.96 bits per heavy atom. The second-order valence-corrected chi connectivity index (χ2v) is 9.29. The predicted molar refractivity (Wildman–Crippen MR) is 108 cm³/mol. The van der Waals surface area contributed by atoms with E-state index in [1.807, 2.05) is 25.1 Å². The van der Waals surface area contributed by atoms with Crippen molar-refractivity contribution in [2.75, 3.05) is 6.54 Å². The number of urea groups is 1. The number of hydrogen-bond acceptors (Lipinski definition) is 4. The Bertz CT molecular complexity index is 902. The highest BCUT2D eigenvalue weighted by Crippen LogP contribution is 2.35. The number of carbonyl (C=O) groups excluding carboxylic acids is 3. The third kappa shape index (κ3) is 4.02. The molecule has 2 N–H and O–H groups in total. The second kappa shape index (κ2) is 7.61. The Balaban J connectivity index is 1.68. The van der Waals surface area contributed by atoms with Gasteiger partial charge in [0.15, 0.2) is 5.54 Å². The first-order valence-electron chi connectivity index (χ1n) is 8.15. The fourth-order valence-corrected chi connectivity index (χ4v) is 4.46. The molecule has 1 aliphatic rings. The van der Waals surface area contributed by atoms with Gasteiger partial charge in [-0.25, -0.2) is 4.79 Å². The van der Waals surface area contributed by atoms with E-state index in [9.17, 15) is 14.4 Å². The SMILES string of the molecule is CC(NC(=O)CN1C(=O)NC(C)(c2ccc(Br)s2)C1=O)c1ccc(Cl)cc1. The van der Waals surface area contributed by atoms with E-state index in [0.717, 1.165) is 14.2 Å². The Kier molecular flexibility index (Phi) is 5.60. The number of rotatable bonds is 5. The van der Waals surface area contributed by atoms with Gasteiger partial charge in [-0.05, 0) is 59.6 Å². The maximum atomic E-state index is 12.8. The van der Waals surface area contributed by atoms with Crippen LogP contribution in [0.2, 0.25) is 5.02 Å². The van der Waals surface area contributed by atoms with Gasteiger partial charge in [0.25, 0.3) is 5.91 Å². The van der Waals surface area contributed by atoms with Gasteiger partial charge < -0.3 is 10.6 Å². The van der Waals surface area contributed by atoms with Crippen molar-refractivity contribution in [1.82, 2.24) is 15.5 Å². The standard InChI is InChI=1S/C18H17BrClN3O3S/c1-10(11-3-5-12(20)6-4-11)21-15(24)9-23-16(25)18(2,22-17(23)26)13-7-8-14(19)27-13/h3-8,10H,9H2,1-2H3,(H,21,24)(H,22,26). The highest BCUT2D eigenvalue weighted by molar-refractivity contribution is 9.11. The molecule has 1 aromatic heterocycles. The van der Waals surface area contributed by atoms with Gasteiger partial charge in [-0.2, -0.15) is 0 Å². The molecule has 3 rings (SSSR count). The monoisotopic (exact) mass is 469 g/mol. The minimum Gasteiger partial charge on any atom is -0.348 e. The van der Waals surface area contributed by atoms with Crippen LogP contribution in [0.1, 0.15) is 30.3 Å². The normalized spacial score (nSPS) is 20.5. The minimum atomic E-state index is -1.17. The predicted octanol–water partition coefficient (Wildman–Crippen LogP) is 3.81. The maximum absolute atomic E-state index is 12.8. The highest BCUT2D eigenvalue weighted by atomic mass is 79.9. The third-order valence-corrected chi connectivity index (χ3v) is 6.49. The molecule has 0 radical (unpaired) electrons. The molecule has 0 spiro atoms. The summed E-state index contributed by atoms with van der Waals surface area (Å²) < 4.78 is 0.855. The molecule has 1 fully saturated rings. The van der Waals surface area contributed by atoms with Crippen LogP contribution in [0.25, 0.3) is 0 Å². The molecule has 4 amide bonds. The molecular weight excluding hydrogens is 454 g/mol. The highest BCUT2D eigenvalue weighted by Gasteiger charge is 2.50. The Morgan fingerprint density at radius 3 is 2.56 bits per heavy atom. The lowest BCUT2D eigenvalue weighted by atomic mass is 10.0. The average molecular weight is 471 g/mol. The summed E-state index contributed by atoms with van der Waals surface area (Å²) in [5.74, 6) is -0.867. The van der Waals surface area contributed by atoms with E-state index in [2.05, 4.69) is 26.6 Å². The topological polar surface area (TPSA) is 78.5 Å². The zero-order valence-electron chi connectivity index (χ0n) is 14.6. The molecule has 0 aliphatic carbocycles. The molecule has 2 aromatic rings. The number of imide groups is 1. The largest absolute Gasteiger partial charge is 0.348 e. The number of thiophene rings is 1. The number of halogens is 2. The van der Waals surface area contributed by atoms with Crippen molar-refractivity contribution in [2.24, 2.45) is 0 Å². The Labute approximate surface area is 174 Å². The summed E-state index contributed by atoms with van der Waals surface area (Å²) in [5, 5.41) is 6.09. The van der Waals surface area contributed by atoms with Crippen molar-refractivity contribution >= 4 is 56.7 Å². The van der Waals surface area contributed by atoms with Gasteiger partial charge in [-0.3, -0.25) is 14.5 Å². The molecular formula is C18H17BrClN3O3S. The van der Waals surface area contributed by atoms with Crippen LogP contribution in [0.5, 0.6) is 0 Å². The van der Waals surface area contributed by atoms with Crippen molar-refractivity contribution < 1.29 is 14.4 Å². The molecule has 1 aromatic carbocycles. The molecule has 1 aliphatic heterocycles. The molecule has 2 heterocycles. The van der Waals surface area contributed by atoms with Gasteiger partial charge in [0, 0.05) is 9.90 Å². The molecule has 27 heavy (non-hydrogen) atoms. The fourth-order valence-electron chi connectivity index (χ4n) is 2.86. The van der Waals surface area contributed by atoms with Gasteiger partial charge in [-0.15, -0.1) is 11.3 Å². The lowest BCUT2D eigenvalue weighted by Crippen LogP contribution is -2.43. The van der Waals surface area contributed by atoms with E-state index < -0.39 is 23.4 Å². The van der Waals surface area contributed by atoms with E-state index >= 15 is 0 Å². The number of benzene rings is 1. The zero-order chi connectivity index (χ0) is 19.8. The van der Waals surface area contributed by atoms with Gasteiger partial charge in [0.1, 0.15) is 6.54 Å². The first kappa shape index (κ1) is 19.9. The number of carbonyl (C=O) groups is 3. The molecule has 6 nitrogen and oxygen atoms in total. The Morgan fingerprint density at radius 1 is 1.30 bits per heavy atom. The lowest BCUT2D eigenvalue weighted by Gasteiger charge is -2.20. The Hall–Kier alpha value is -1.90. The second-order valence-electron chi connectivity index (χ2n) is 6.39. The summed E-state index contributed by atoms with van der Waals surface area (Å²) in [6.07, 6.45) is 0. The first-order valence-corrected chi connectivity index (χ1v) is 10.1. The van der Waals surface area contributed by atoms with Crippen LogP contribution < -0.4 is 10.6 Å². The van der Waals surface area contributed by atoms with Gasteiger partial charge in [-0.1, -0.05) is 23.7 Å². The van der Waals surface area contributed by atoms with Gasteiger partial charge in [0.05, 0.1) is 9.83 Å². The van der Waals surface area contributed by atoms with Gasteiger partial charge in [0.2, 0.25) is 5.91 Å². The lowest BCUT2D eigenvalue weighted by molar-refractivity contribution is -0.134. The number of nitrogens with one attached hydrogen (secondary N) is 2. The van der Waals surface area contributed by atoms with E-state index in [1.54, 1.807) is 25.1 Å². The summed E-state index contributed by atoms with van der Waals surface area (Å²) in [6, 6.07) is 9.83. The number of hydrogen-bond donors (Lipinski definition) is 2. The summed E-state index contributed by atoms with van der Waals surface area (Å²) in [6.45, 7) is 3.12. The van der Waals surface area contributed by atoms with Crippen LogP contribution in [-0.4, -0.2) is 29.3 Å². The van der Waals surface area contributed by atoms with E-state index in [0.29, 0.717) is 9.90 Å². The van der Waals surface area contributed by atoms with Crippen LogP contribution in [0.4, 0.5) is 4.79 Å². The molecule has 2 unspecified atom stereocenters. The van der Waals surface area contributed by atoms with Crippen LogP contribution in [0.3, 0.4) is 0 Å². The fraction of sp³-hybridized carbons (Fsp3) is 0.278. The van der Waals surface area contributed by atoms with Crippen LogP contribution >= 0.6 is 38.9 Å². The summed E-state index contributed by atoms with van der Waals surface area (Å²) in [4.78, 5) is 39.1. The van der Waals surface area contributed by atoms with Crippen molar-refractivity contribution in [3.8, 4) is 0 Å². The van der Waals surface area contributed by atoms with E-state index in [4.69, 9.17) is 11.6 Å². The smallest absolute Gasteiger partial charge is 0.325 e. The van der Waals surface area contributed by atoms with Crippen molar-refractivity contribution in [3.63, 3.8) is 0 Å². The molecule has 142 valence electrons. The zero-order valence-corrected chi connectivity index (χ0v) is 17.7. The maximum Gasteiger partial charge on any atom is 0.325 e. The van der Waals surface area contributed by atoms with E-state index in [1.165, 1.54) is 11.3 Å². The minimum absolute atomic E-state index is 0.282. The first-order chi connectivity index (χ1) is 12.7. The van der Waals surface area contributed by atoms with E-state index in [-0.39, 0.29) is 12.6 Å². The van der Waals surface area contributed by atoms with Crippen molar-refractivity contribution in [1.29, 1.82) is 0 Å². The molecule has 1 saturated heterocycles. The number of amides is 4. The van der Waals surface area contributed by atoms with Crippen molar-refractivity contribution in [2.45, 2.75) is 25.4 Å². The number of nitrogens with zero attached hydrogens (tertiary/aromatic N) is 1. The molecule has 0 saturated carbocycles. The van der Waals surface area contributed by atoms with Crippen LogP contribution in [-0.2, 0) is 15.1 Å². The summed E-state index contributed by atoms with van der Waals surface area (Å²) >= 11 is 10.6. The third-order valence-electron chi connectivity index (χ3n) is 4.39. The molecule has 2 atom stereocenters. The molecule has 9 heteroatoms. The quantitative estimate of drug-likeness (QED) is 0.652. The average Bonchev–Trinajstić information content (AvgIpc) is 3.14. The summed E-state index contributed by atoms with van der Waals surface area (Å²) in [7, 11) is 0. The van der Waals surface area contributed by atoms with Gasteiger partial charge >= 0.3 is 6.03 Å².